The lowest BCUT2D eigenvalue weighted by molar-refractivity contribution is -0.160. The Labute approximate surface area is 138 Å². The Morgan fingerprint density at radius 2 is 1.96 bits per heavy atom. The average Bonchev–Trinajstić information content (AvgIpc) is 3.01. The lowest BCUT2D eigenvalue weighted by Crippen LogP contribution is -2.64. The largest absolute Gasteiger partial charge is 0.462 e. The molecular weight excluding hydrogens is 314 g/mol. The summed E-state index contributed by atoms with van der Waals surface area (Å²) >= 11 is 0. The van der Waals surface area contributed by atoms with Crippen molar-refractivity contribution in [3.8, 4) is 0 Å². The van der Waals surface area contributed by atoms with Crippen molar-refractivity contribution in [2.75, 3.05) is 13.7 Å². The van der Waals surface area contributed by atoms with E-state index in [1.807, 2.05) is 18.2 Å². The predicted octanol–water partition coefficient (Wildman–Crippen LogP) is -0.119. The van der Waals surface area contributed by atoms with Crippen molar-refractivity contribution >= 4 is 23.8 Å². The molecule has 4 amide bonds. The topological polar surface area (TPSA) is 96.0 Å². The van der Waals surface area contributed by atoms with Crippen LogP contribution in [0.5, 0.6) is 0 Å². The molecule has 0 aliphatic carbocycles. The third-order valence-corrected chi connectivity index (χ3v) is 4.28. The second-order valence-electron chi connectivity index (χ2n) is 5.69. The number of methoxy groups -OCH3 is 1. The summed E-state index contributed by atoms with van der Waals surface area (Å²) in [6, 6.07) is 7.23. The number of hydrogen-bond acceptors (Lipinski definition) is 5. The second kappa shape index (κ2) is 6.31. The highest BCUT2D eigenvalue weighted by Crippen LogP contribution is 2.25. The SMILES string of the molecule is COC(=O)C(=O)N1CCC2NC(=O)N(Cc3ccccc3)C(=O)C21. The lowest BCUT2D eigenvalue weighted by Gasteiger charge is -2.36. The zero-order valence-corrected chi connectivity index (χ0v) is 13.1. The van der Waals surface area contributed by atoms with Gasteiger partial charge >= 0.3 is 17.9 Å². The summed E-state index contributed by atoms with van der Waals surface area (Å²) in [5.74, 6) is -2.37. The van der Waals surface area contributed by atoms with Crippen molar-refractivity contribution in [2.45, 2.75) is 25.0 Å². The molecule has 2 aliphatic rings. The minimum absolute atomic E-state index is 0.106. The molecule has 0 bridgehead atoms. The Morgan fingerprint density at radius 1 is 1.25 bits per heavy atom. The van der Waals surface area contributed by atoms with Crippen LogP contribution in [-0.2, 0) is 25.7 Å². The van der Waals surface area contributed by atoms with E-state index < -0.39 is 35.9 Å². The summed E-state index contributed by atoms with van der Waals surface area (Å²) in [7, 11) is 1.11. The van der Waals surface area contributed by atoms with Gasteiger partial charge in [-0.1, -0.05) is 30.3 Å². The first-order valence-electron chi connectivity index (χ1n) is 7.57. The molecule has 126 valence electrons. The highest BCUT2D eigenvalue weighted by molar-refractivity contribution is 6.33. The minimum atomic E-state index is -1.02. The molecular formula is C16H17N3O5. The molecule has 2 atom stereocenters. The zero-order chi connectivity index (χ0) is 17.3. The standard InChI is InChI=1S/C16H17N3O5/c1-24-15(22)14(21)18-8-7-11-12(18)13(20)19(16(23)17-11)9-10-5-3-2-4-6-10/h2-6,11-12H,7-9H2,1H3,(H,17,23). The predicted molar refractivity (Wildman–Crippen MR) is 81.4 cm³/mol. The van der Waals surface area contributed by atoms with Crippen LogP contribution in [-0.4, -0.2) is 59.4 Å². The molecule has 3 rings (SSSR count). The molecule has 24 heavy (non-hydrogen) atoms. The van der Waals surface area contributed by atoms with Gasteiger partial charge in [-0.15, -0.1) is 0 Å². The van der Waals surface area contributed by atoms with Crippen molar-refractivity contribution in [1.29, 1.82) is 0 Å². The fraction of sp³-hybridized carbons (Fsp3) is 0.375. The maximum atomic E-state index is 12.8. The first-order valence-corrected chi connectivity index (χ1v) is 7.57. The number of amides is 4. The Hall–Kier alpha value is -2.90. The number of likely N-dealkylation sites (tertiary alicyclic amines) is 1. The molecule has 2 unspecified atom stereocenters. The van der Waals surface area contributed by atoms with Crippen LogP contribution in [0.3, 0.4) is 0 Å². The third kappa shape index (κ3) is 2.70. The van der Waals surface area contributed by atoms with E-state index in [-0.39, 0.29) is 13.1 Å². The monoisotopic (exact) mass is 331 g/mol. The van der Waals surface area contributed by atoms with E-state index in [9.17, 15) is 19.2 Å². The summed E-state index contributed by atoms with van der Waals surface area (Å²) in [5, 5.41) is 2.74. The highest BCUT2D eigenvalue weighted by Gasteiger charge is 2.50. The van der Waals surface area contributed by atoms with Gasteiger partial charge < -0.3 is 15.0 Å². The van der Waals surface area contributed by atoms with Crippen LogP contribution in [0, 0.1) is 0 Å². The van der Waals surface area contributed by atoms with Gasteiger partial charge in [-0.25, -0.2) is 9.59 Å². The van der Waals surface area contributed by atoms with Gasteiger partial charge in [-0.2, -0.15) is 0 Å². The molecule has 2 saturated heterocycles. The van der Waals surface area contributed by atoms with Gasteiger partial charge in [0, 0.05) is 6.54 Å². The molecule has 2 aliphatic heterocycles. The molecule has 1 N–H and O–H groups in total. The van der Waals surface area contributed by atoms with Crippen LogP contribution < -0.4 is 5.32 Å². The maximum Gasteiger partial charge on any atom is 0.396 e. The van der Waals surface area contributed by atoms with Crippen molar-refractivity contribution in [1.82, 2.24) is 15.1 Å². The molecule has 0 saturated carbocycles. The summed E-state index contributed by atoms with van der Waals surface area (Å²) in [5.41, 5.74) is 0.795. The van der Waals surface area contributed by atoms with Crippen LogP contribution in [0.2, 0.25) is 0 Å². The number of imide groups is 1. The maximum absolute atomic E-state index is 12.8. The van der Waals surface area contributed by atoms with Crippen molar-refractivity contribution in [2.24, 2.45) is 0 Å². The van der Waals surface area contributed by atoms with E-state index in [0.29, 0.717) is 6.42 Å². The number of nitrogens with zero attached hydrogens (tertiary/aromatic N) is 2. The first kappa shape index (κ1) is 16.0. The van der Waals surface area contributed by atoms with Crippen LogP contribution in [0.4, 0.5) is 4.79 Å². The van der Waals surface area contributed by atoms with Gasteiger partial charge in [-0.05, 0) is 12.0 Å². The molecule has 8 heteroatoms. The van der Waals surface area contributed by atoms with E-state index in [4.69, 9.17) is 0 Å². The van der Waals surface area contributed by atoms with Crippen molar-refractivity contribution < 1.29 is 23.9 Å². The van der Waals surface area contributed by atoms with Gasteiger partial charge in [0.1, 0.15) is 6.04 Å². The molecule has 2 heterocycles. The number of hydrogen-bond donors (Lipinski definition) is 1. The van der Waals surface area contributed by atoms with E-state index in [2.05, 4.69) is 10.1 Å². The molecule has 0 radical (unpaired) electrons. The summed E-state index contributed by atoms with van der Waals surface area (Å²) in [6.45, 7) is 0.323. The Bertz CT molecular complexity index is 690. The number of urea groups is 1. The van der Waals surface area contributed by atoms with Gasteiger partial charge in [0.25, 0.3) is 5.91 Å². The van der Waals surface area contributed by atoms with E-state index in [1.165, 1.54) is 4.90 Å². The van der Waals surface area contributed by atoms with Crippen LogP contribution in [0.25, 0.3) is 0 Å². The summed E-state index contributed by atoms with van der Waals surface area (Å²) in [4.78, 5) is 50.8. The van der Waals surface area contributed by atoms with Crippen LogP contribution in [0.15, 0.2) is 30.3 Å². The lowest BCUT2D eigenvalue weighted by atomic mass is 10.0. The van der Waals surface area contributed by atoms with Crippen LogP contribution in [0.1, 0.15) is 12.0 Å². The Morgan fingerprint density at radius 3 is 2.62 bits per heavy atom. The zero-order valence-electron chi connectivity index (χ0n) is 13.1. The first-order chi connectivity index (χ1) is 11.5. The number of ether oxygens (including phenoxy) is 1. The fourth-order valence-electron chi connectivity index (χ4n) is 3.09. The van der Waals surface area contributed by atoms with Gasteiger partial charge in [-0.3, -0.25) is 14.5 Å². The van der Waals surface area contributed by atoms with Gasteiger partial charge in [0.2, 0.25) is 0 Å². The van der Waals surface area contributed by atoms with Crippen molar-refractivity contribution in [3.05, 3.63) is 35.9 Å². The molecule has 2 fully saturated rings. The van der Waals surface area contributed by atoms with Crippen LogP contribution >= 0.6 is 0 Å². The number of esters is 1. The van der Waals surface area contributed by atoms with Crippen molar-refractivity contribution in [3.63, 3.8) is 0 Å². The average molecular weight is 331 g/mol. The number of benzene rings is 1. The second-order valence-corrected chi connectivity index (χ2v) is 5.69. The van der Waals surface area contributed by atoms with Gasteiger partial charge in [0.15, 0.2) is 0 Å². The number of carbonyl (C=O) groups is 4. The normalized spacial score (nSPS) is 22.9. The molecule has 8 nitrogen and oxygen atoms in total. The van der Waals surface area contributed by atoms with E-state index in [1.54, 1.807) is 12.1 Å². The van der Waals surface area contributed by atoms with E-state index in [0.717, 1.165) is 17.6 Å². The van der Waals surface area contributed by atoms with Gasteiger partial charge in [0.05, 0.1) is 19.7 Å². The summed E-state index contributed by atoms with van der Waals surface area (Å²) in [6.07, 6.45) is 0.421. The number of rotatable bonds is 2. The minimum Gasteiger partial charge on any atom is -0.462 e. The highest BCUT2D eigenvalue weighted by atomic mass is 16.5. The van der Waals surface area contributed by atoms with E-state index >= 15 is 0 Å². The fourth-order valence-corrected chi connectivity index (χ4v) is 3.09. The smallest absolute Gasteiger partial charge is 0.396 e. The Balaban J connectivity index is 1.82. The Kier molecular flexibility index (Phi) is 4.20. The third-order valence-electron chi connectivity index (χ3n) is 4.28. The quantitative estimate of drug-likeness (QED) is 0.602. The number of fused-ring (bicyclic) bond motifs is 1. The molecule has 1 aromatic carbocycles. The molecule has 1 aromatic rings. The molecule has 0 aromatic heterocycles. The number of carbonyl (C=O) groups excluding carboxylic acids is 4. The summed E-state index contributed by atoms with van der Waals surface area (Å²) < 4.78 is 4.44. The number of nitrogens with one attached hydrogen (secondary N) is 1. The molecule has 0 spiro atoms.